The lowest BCUT2D eigenvalue weighted by atomic mass is 9.81. The maximum absolute atomic E-state index is 13.9. The quantitative estimate of drug-likeness (QED) is 0.126. The van der Waals surface area contributed by atoms with Crippen molar-refractivity contribution in [2.24, 2.45) is 11.1 Å². The number of benzene rings is 2. The molecule has 1 saturated heterocycles. The zero-order valence-electron chi connectivity index (χ0n) is 24.0. The number of aryl methyl sites for hydroxylation is 1. The molecule has 1 N–H and O–H groups in total. The van der Waals surface area contributed by atoms with E-state index in [4.69, 9.17) is 4.84 Å². The maximum Gasteiger partial charge on any atom is 0.416 e. The van der Waals surface area contributed by atoms with Gasteiger partial charge in [0, 0.05) is 26.2 Å². The van der Waals surface area contributed by atoms with Crippen LogP contribution >= 0.6 is 0 Å². The van der Waals surface area contributed by atoms with Gasteiger partial charge in [0.25, 0.3) is 0 Å². The molecule has 0 aromatic heterocycles. The molecule has 5 nitrogen and oxygen atoms in total. The van der Waals surface area contributed by atoms with Gasteiger partial charge >= 0.3 is 6.18 Å². The maximum atomic E-state index is 13.9. The second-order valence-corrected chi connectivity index (χ2v) is 11.3. The molecule has 2 aromatic carbocycles. The smallest absolute Gasteiger partial charge is 0.391 e. The summed E-state index contributed by atoms with van der Waals surface area (Å²) < 4.78 is 53.9. The Bertz CT molecular complexity index is 1200. The van der Waals surface area contributed by atoms with E-state index in [1.807, 2.05) is 13.0 Å². The van der Waals surface area contributed by atoms with Gasteiger partial charge in [-0.25, -0.2) is 0 Å². The third-order valence-electron chi connectivity index (χ3n) is 8.24. The van der Waals surface area contributed by atoms with Gasteiger partial charge in [-0.1, -0.05) is 55.6 Å². The fourth-order valence-corrected chi connectivity index (χ4v) is 5.83. The van der Waals surface area contributed by atoms with Gasteiger partial charge < -0.3 is 10.2 Å². The number of rotatable bonds is 12. The number of alkyl halides is 4. The first-order chi connectivity index (χ1) is 19.7. The van der Waals surface area contributed by atoms with Gasteiger partial charge in [-0.3, -0.25) is 14.1 Å². The number of hydrogen-bond donors (Lipinski definition) is 1. The molecular formula is C32H41F4N3O2. The van der Waals surface area contributed by atoms with Crippen molar-refractivity contribution < 1.29 is 27.2 Å². The Hall–Kier alpha value is -2.94. The van der Waals surface area contributed by atoms with Crippen LogP contribution in [-0.4, -0.2) is 42.8 Å². The van der Waals surface area contributed by atoms with Crippen molar-refractivity contribution in [2.75, 3.05) is 26.3 Å². The van der Waals surface area contributed by atoms with Crippen LogP contribution in [-0.2, 0) is 35.4 Å². The van der Waals surface area contributed by atoms with Crippen molar-refractivity contribution in [1.82, 2.24) is 10.2 Å². The van der Waals surface area contributed by atoms with Crippen molar-refractivity contribution in [3.8, 4) is 0 Å². The molecule has 1 aliphatic carbocycles. The summed E-state index contributed by atoms with van der Waals surface area (Å²) in [7, 11) is 0. The Labute approximate surface area is 240 Å². The Morgan fingerprint density at radius 1 is 1.07 bits per heavy atom. The molecule has 9 heteroatoms. The Morgan fingerprint density at radius 3 is 2.51 bits per heavy atom. The molecule has 2 aromatic rings. The predicted octanol–water partition coefficient (Wildman–Crippen LogP) is 7.16. The zero-order valence-corrected chi connectivity index (χ0v) is 24.0. The zero-order chi connectivity index (χ0) is 29.4. The molecule has 4 rings (SSSR count). The van der Waals surface area contributed by atoms with Gasteiger partial charge in [-0.2, -0.15) is 13.2 Å². The molecular weight excluding hydrogens is 534 g/mol. The van der Waals surface area contributed by atoms with E-state index in [0.29, 0.717) is 42.9 Å². The summed E-state index contributed by atoms with van der Waals surface area (Å²) in [5, 5.41) is 6.99. The summed E-state index contributed by atoms with van der Waals surface area (Å²) in [6.07, 6.45) is 1.41. The molecule has 41 heavy (non-hydrogen) atoms. The predicted molar refractivity (Wildman–Crippen MR) is 152 cm³/mol. The summed E-state index contributed by atoms with van der Waals surface area (Å²) in [6.45, 7) is 5.90. The Morgan fingerprint density at radius 2 is 1.83 bits per heavy atom. The molecule has 1 aliphatic heterocycles. The number of carbonyl (C=O) groups excluding carboxylic acids is 1. The number of hydrogen-bond acceptors (Lipinski definition) is 4. The average Bonchev–Trinajstić information content (AvgIpc) is 2.94. The highest BCUT2D eigenvalue weighted by molar-refractivity contribution is 5.98. The average molecular weight is 576 g/mol. The summed E-state index contributed by atoms with van der Waals surface area (Å²) in [5.74, 6) is -0.102. The molecule has 2 fully saturated rings. The van der Waals surface area contributed by atoms with Crippen molar-refractivity contribution >= 4 is 11.6 Å². The minimum atomic E-state index is -4.40. The summed E-state index contributed by atoms with van der Waals surface area (Å²) >= 11 is 0. The minimum absolute atomic E-state index is 0.0117. The molecule has 224 valence electrons. The second kappa shape index (κ2) is 14.3. The topological polar surface area (TPSA) is 53.9 Å². The molecule has 0 radical (unpaired) electrons. The number of amides is 1. The van der Waals surface area contributed by atoms with Crippen LogP contribution in [0.1, 0.15) is 91.7 Å². The Kier molecular flexibility index (Phi) is 10.8. The van der Waals surface area contributed by atoms with Gasteiger partial charge in [-0.15, -0.1) is 0 Å². The van der Waals surface area contributed by atoms with Crippen LogP contribution in [0.5, 0.6) is 0 Å². The van der Waals surface area contributed by atoms with E-state index in [1.165, 1.54) is 17.2 Å². The lowest BCUT2D eigenvalue weighted by molar-refractivity contribution is -0.138. The highest BCUT2D eigenvalue weighted by Crippen LogP contribution is 2.41. The van der Waals surface area contributed by atoms with Gasteiger partial charge in [0.2, 0.25) is 5.91 Å². The van der Waals surface area contributed by atoms with E-state index in [9.17, 15) is 22.4 Å². The first kappa shape index (κ1) is 31.0. The standard InChI is InChI=1S/C32H41F4N3O2/c1-3-24-17-26(11-12-27(24)18-39-19-28(20-39)31(40)37-15-7-14-33)22(2)38-41-21-23-10-13-29(25-8-5-4-6-9-25)30(16-23)32(34,35)36/h10-13,16-17,25,28H,3-9,14-15,18-21H2,1-2H3,(H,37,40)/b38-22+. The SMILES string of the molecule is CCc1cc(/C(C)=N/OCc2ccc(C3CCCCC3)c(C(F)(F)F)c2)ccc1CN1CC(C(=O)NCCCF)C1. The van der Waals surface area contributed by atoms with Crippen LogP contribution < -0.4 is 5.32 Å². The van der Waals surface area contributed by atoms with E-state index in [0.717, 1.165) is 50.6 Å². The first-order valence-corrected chi connectivity index (χ1v) is 14.7. The first-order valence-electron chi connectivity index (χ1n) is 14.7. The van der Waals surface area contributed by atoms with Crippen molar-refractivity contribution in [3.05, 3.63) is 69.8 Å². The van der Waals surface area contributed by atoms with Crippen LogP contribution in [0.2, 0.25) is 0 Å². The van der Waals surface area contributed by atoms with Crippen molar-refractivity contribution in [1.29, 1.82) is 0 Å². The molecule has 1 saturated carbocycles. The van der Waals surface area contributed by atoms with Crippen LogP contribution in [0.25, 0.3) is 0 Å². The number of halogens is 4. The number of nitrogens with zero attached hydrogens (tertiary/aromatic N) is 2. The van der Waals surface area contributed by atoms with Crippen LogP contribution in [0.4, 0.5) is 17.6 Å². The third-order valence-corrected chi connectivity index (χ3v) is 8.24. The largest absolute Gasteiger partial charge is 0.416 e. The van der Waals surface area contributed by atoms with E-state index in [2.05, 4.69) is 34.4 Å². The molecule has 0 unspecified atom stereocenters. The Balaban J connectivity index is 1.34. The van der Waals surface area contributed by atoms with E-state index in [-0.39, 0.29) is 24.3 Å². The van der Waals surface area contributed by atoms with Gasteiger partial charge in [0.05, 0.1) is 23.9 Å². The highest BCUT2D eigenvalue weighted by atomic mass is 19.4. The van der Waals surface area contributed by atoms with Gasteiger partial charge in [0.15, 0.2) is 0 Å². The number of carbonyl (C=O) groups is 1. The molecule has 0 bridgehead atoms. The van der Waals surface area contributed by atoms with E-state index < -0.39 is 18.4 Å². The fraction of sp³-hybridized carbons (Fsp3) is 0.562. The van der Waals surface area contributed by atoms with Crippen LogP contribution in [0.15, 0.2) is 41.6 Å². The normalized spacial score (nSPS) is 17.4. The lowest BCUT2D eigenvalue weighted by Crippen LogP contribution is -2.53. The highest BCUT2D eigenvalue weighted by Gasteiger charge is 2.36. The summed E-state index contributed by atoms with van der Waals surface area (Å²) in [4.78, 5) is 19.8. The minimum Gasteiger partial charge on any atom is -0.391 e. The number of oxime groups is 1. The molecule has 0 spiro atoms. The molecule has 1 amide bonds. The third kappa shape index (κ3) is 8.31. The summed E-state index contributed by atoms with van der Waals surface area (Å²) in [5.41, 5.74) is 4.18. The summed E-state index contributed by atoms with van der Waals surface area (Å²) in [6, 6.07) is 10.7. The lowest BCUT2D eigenvalue weighted by Gasteiger charge is -2.38. The van der Waals surface area contributed by atoms with Gasteiger partial charge in [0.1, 0.15) is 6.61 Å². The van der Waals surface area contributed by atoms with Gasteiger partial charge in [-0.05, 0) is 78.5 Å². The number of likely N-dealkylation sites (tertiary alicyclic amines) is 1. The fourth-order valence-electron chi connectivity index (χ4n) is 5.83. The second-order valence-electron chi connectivity index (χ2n) is 11.3. The molecule has 2 aliphatic rings. The molecule has 1 heterocycles. The van der Waals surface area contributed by atoms with E-state index >= 15 is 0 Å². The van der Waals surface area contributed by atoms with Crippen molar-refractivity contribution in [2.45, 2.75) is 84.0 Å². The van der Waals surface area contributed by atoms with Crippen LogP contribution in [0.3, 0.4) is 0 Å². The number of nitrogens with one attached hydrogen (secondary N) is 1. The van der Waals surface area contributed by atoms with E-state index in [1.54, 1.807) is 12.1 Å². The van der Waals surface area contributed by atoms with Crippen LogP contribution in [0, 0.1) is 5.92 Å². The monoisotopic (exact) mass is 575 g/mol. The van der Waals surface area contributed by atoms with Crippen molar-refractivity contribution in [3.63, 3.8) is 0 Å². The molecule has 0 atom stereocenters.